The molecular formula is C18H16N2O4S. The second-order valence-corrected chi connectivity index (χ2v) is 6.20. The average molecular weight is 356 g/mol. The Balaban J connectivity index is 2.00. The Bertz CT molecular complexity index is 944. The zero-order chi connectivity index (χ0) is 17.8. The molecule has 0 aliphatic carbocycles. The lowest BCUT2D eigenvalue weighted by Gasteiger charge is -2.14. The Morgan fingerprint density at radius 1 is 0.680 bits per heavy atom. The molecule has 0 aromatic heterocycles. The summed E-state index contributed by atoms with van der Waals surface area (Å²) in [4.78, 5) is 0.0276. The first-order valence-electron chi connectivity index (χ1n) is 7.37. The maximum absolute atomic E-state index is 11.6. The first-order valence-corrected chi connectivity index (χ1v) is 8.55. The summed E-state index contributed by atoms with van der Waals surface area (Å²) in [7, 11) is -2.86. The Kier molecular flexibility index (Phi) is 4.76. The molecule has 0 radical (unpaired) electrons. The number of thiol groups is 1. The number of hydrogen-bond donors (Lipinski definition) is 3. The summed E-state index contributed by atoms with van der Waals surface area (Å²) < 4.78 is 34.7. The molecular weight excluding hydrogens is 340 g/mol. The Morgan fingerprint density at radius 3 is 1.72 bits per heavy atom. The molecule has 3 aromatic carbocycles. The van der Waals surface area contributed by atoms with E-state index in [4.69, 9.17) is 20.9 Å². The molecule has 0 heterocycles. The fourth-order valence-corrected chi connectivity index (χ4v) is 2.68. The first kappa shape index (κ1) is 16.7. The van der Waals surface area contributed by atoms with E-state index in [2.05, 4.69) is 0 Å². The summed E-state index contributed by atoms with van der Waals surface area (Å²) in [5.41, 5.74) is 12.5. The molecule has 0 spiro atoms. The Morgan fingerprint density at radius 2 is 1.20 bits per heavy atom. The second kappa shape index (κ2) is 7.14. The van der Waals surface area contributed by atoms with Gasteiger partial charge in [0.05, 0.1) is 0 Å². The number of nitrogens with two attached hydrogens (primary N) is 2. The lowest BCUT2D eigenvalue weighted by Crippen LogP contribution is -1.95. The van der Waals surface area contributed by atoms with Crippen molar-refractivity contribution >= 4 is 22.1 Å². The maximum atomic E-state index is 11.6. The molecule has 0 unspecified atom stereocenters. The van der Waals surface area contributed by atoms with Crippen LogP contribution in [0.25, 0.3) is 0 Å². The summed E-state index contributed by atoms with van der Waals surface area (Å²) >= 11 is 0. The number of rotatable bonds is 5. The molecule has 128 valence electrons. The van der Waals surface area contributed by atoms with Gasteiger partial charge in [0.25, 0.3) is 0 Å². The highest BCUT2D eigenvalue weighted by Gasteiger charge is 2.15. The standard InChI is InChI=1S/C18H16N2O4S/c19-12-4-8-14(9-5-12)23-16-2-1-3-17(25(21)22)18(16)24-15-10-6-13(20)7-11-15/h1-11,25H,19-20H2. The van der Waals surface area contributed by atoms with Crippen molar-refractivity contribution in [2.24, 2.45) is 0 Å². The molecule has 0 saturated carbocycles. The third-order valence-corrected chi connectivity index (χ3v) is 4.11. The van der Waals surface area contributed by atoms with Crippen molar-refractivity contribution in [3.8, 4) is 23.0 Å². The van der Waals surface area contributed by atoms with Crippen molar-refractivity contribution in [1.82, 2.24) is 0 Å². The van der Waals surface area contributed by atoms with Crippen LogP contribution in [0.2, 0.25) is 0 Å². The van der Waals surface area contributed by atoms with E-state index < -0.39 is 10.7 Å². The van der Waals surface area contributed by atoms with Gasteiger partial charge in [0.1, 0.15) is 16.4 Å². The minimum Gasteiger partial charge on any atom is -0.453 e. The van der Waals surface area contributed by atoms with Crippen LogP contribution in [0.4, 0.5) is 11.4 Å². The monoisotopic (exact) mass is 356 g/mol. The van der Waals surface area contributed by atoms with E-state index in [1.165, 1.54) is 6.07 Å². The SMILES string of the molecule is Nc1ccc(Oc2cccc([SH](=O)=O)c2Oc2ccc(N)cc2)cc1. The third kappa shape index (κ3) is 4.02. The average Bonchev–Trinajstić information content (AvgIpc) is 2.60. The molecule has 0 amide bonds. The molecule has 0 atom stereocenters. The molecule has 7 heteroatoms. The number of nitrogen functional groups attached to an aromatic ring is 2. The molecule has 4 N–H and O–H groups in total. The molecule has 3 rings (SSSR count). The van der Waals surface area contributed by atoms with E-state index in [1.807, 2.05) is 0 Å². The lowest BCUT2D eigenvalue weighted by molar-refractivity contribution is 0.409. The minimum atomic E-state index is -2.86. The summed E-state index contributed by atoms with van der Waals surface area (Å²) in [6, 6.07) is 18.0. The first-order chi connectivity index (χ1) is 12.0. The summed E-state index contributed by atoms with van der Waals surface area (Å²) in [6.07, 6.45) is 0. The summed E-state index contributed by atoms with van der Waals surface area (Å²) in [5.74, 6) is 1.34. The zero-order valence-electron chi connectivity index (χ0n) is 13.1. The molecule has 0 aliphatic heterocycles. The van der Waals surface area contributed by atoms with Crippen molar-refractivity contribution in [1.29, 1.82) is 0 Å². The molecule has 0 aliphatic rings. The smallest absolute Gasteiger partial charge is 0.188 e. The maximum Gasteiger partial charge on any atom is 0.188 e. The van der Waals surface area contributed by atoms with Crippen molar-refractivity contribution in [2.75, 3.05) is 11.5 Å². The molecule has 3 aromatic rings. The lowest BCUT2D eigenvalue weighted by atomic mass is 10.3. The van der Waals surface area contributed by atoms with Gasteiger partial charge in [-0.2, -0.15) is 0 Å². The van der Waals surface area contributed by atoms with Crippen molar-refractivity contribution in [3.05, 3.63) is 66.7 Å². The Hall–Kier alpha value is -3.19. The van der Waals surface area contributed by atoms with Gasteiger partial charge in [-0.1, -0.05) is 6.07 Å². The predicted molar refractivity (Wildman–Crippen MR) is 96.9 cm³/mol. The van der Waals surface area contributed by atoms with Gasteiger partial charge in [0.2, 0.25) is 0 Å². The van der Waals surface area contributed by atoms with Gasteiger partial charge < -0.3 is 20.9 Å². The largest absolute Gasteiger partial charge is 0.453 e. The molecule has 25 heavy (non-hydrogen) atoms. The van der Waals surface area contributed by atoms with Crippen LogP contribution in [0.1, 0.15) is 0 Å². The van der Waals surface area contributed by atoms with Gasteiger partial charge in [-0.05, 0) is 60.7 Å². The van der Waals surface area contributed by atoms with E-state index in [1.54, 1.807) is 60.7 Å². The molecule has 0 bridgehead atoms. The van der Waals surface area contributed by atoms with Crippen LogP contribution >= 0.6 is 0 Å². The van der Waals surface area contributed by atoms with Crippen LogP contribution in [0, 0.1) is 0 Å². The quantitative estimate of drug-likeness (QED) is 0.478. The topological polar surface area (TPSA) is 105 Å². The van der Waals surface area contributed by atoms with E-state index in [-0.39, 0.29) is 16.4 Å². The van der Waals surface area contributed by atoms with Crippen molar-refractivity contribution < 1.29 is 17.9 Å². The fraction of sp³-hybridized carbons (Fsp3) is 0. The highest BCUT2D eigenvalue weighted by molar-refractivity contribution is 7.72. The number of hydrogen-bond acceptors (Lipinski definition) is 6. The van der Waals surface area contributed by atoms with Crippen LogP contribution in [-0.4, -0.2) is 8.42 Å². The summed E-state index contributed by atoms with van der Waals surface area (Å²) in [6.45, 7) is 0. The van der Waals surface area contributed by atoms with Gasteiger partial charge in [-0.15, -0.1) is 0 Å². The number of para-hydroxylation sites is 1. The van der Waals surface area contributed by atoms with Crippen LogP contribution in [-0.2, 0) is 10.7 Å². The van der Waals surface area contributed by atoms with E-state index in [0.29, 0.717) is 22.9 Å². The fourth-order valence-electron chi connectivity index (χ4n) is 2.15. The van der Waals surface area contributed by atoms with Crippen LogP contribution in [0.15, 0.2) is 71.6 Å². The zero-order valence-corrected chi connectivity index (χ0v) is 14.0. The van der Waals surface area contributed by atoms with Gasteiger partial charge in [0, 0.05) is 11.4 Å². The summed E-state index contributed by atoms with van der Waals surface area (Å²) in [5, 5.41) is 0. The molecule has 0 fully saturated rings. The highest BCUT2D eigenvalue weighted by atomic mass is 32.2. The van der Waals surface area contributed by atoms with Crippen molar-refractivity contribution in [2.45, 2.75) is 4.90 Å². The van der Waals surface area contributed by atoms with Gasteiger partial charge in [-0.3, -0.25) is 0 Å². The number of anilines is 2. The van der Waals surface area contributed by atoms with E-state index in [9.17, 15) is 8.42 Å². The third-order valence-electron chi connectivity index (χ3n) is 3.36. The number of ether oxygens (including phenoxy) is 2. The van der Waals surface area contributed by atoms with Gasteiger partial charge in [0.15, 0.2) is 22.2 Å². The van der Waals surface area contributed by atoms with Crippen LogP contribution < -0.4 is 20.9 Å². The van der Waals surface area contributed by atoms with Gasteiger partial charge >= 0.3 is 0 Å². The number of benzene rings is 3. The van der Waals surface area contributed by atoms with Crippen LogP contribution in [0.3, 0.4) is 0 Å². The van der Waals surface area contributed by atoms with Gasteiger partial charge in [-0.25, -0.2) is 8.42 Å². The predicted octanol–water partition coefficient (Wildman–Crippen LogP) is 3.41. The van der Waals surface area contributed by atoms with E-state index >= 15 is 0 Å². The second-order valence-electron chi connectivity index (χ2n) is 5.20. The van der Waals surface area contributed by atoms with Crippen LogP contribution in [0.5, 0.6) is 23.0 Å². The van der Waals surface area contributed by atoms with E-state index in [0.717, 1.165) is 0 Å². The normalized spacial score (nSPS) is 10.6. The van der Waals surface area contributed by atoms with Crippen molar-refractivity contribution in [3.63, 3.8) is 0 Å². The molecule has 0 saturated heterocycles. The highest BCUT2D eigenvalue weighted by Crippen LogP contribution is 2.38. The molecule has 6 nitrogen and oxygen atoms in total. The minimum absolute atomic E-state index is 0.0276. The Labute approximate surface area is 146 Å².